The van der Waals surface area contributed by atoms with E-state index in [4.69, 9.17) is 0 Å². The van der Waals surface area contributed by atoms with Crippen LogP contribution in [0.15, 0.2) is 30.3 Å². The topological polar surface area (TPSA) is 390 Å². The van der Waals surface area contributed by atoms with E-state index in [9.17, 15) is 83.1 Å². The number of aliphatic carboxylic acids is 5. The molecule has 1 aromatic carbocycles. The summed E-state index contributed by atoms with van der Waals surface area (Å²) in [6.45, 7) is 1.13. The monoisotopic (exact) mass is 943 g/mol. The average Bonchev–Trinajstić information content (AvgIpc) is 3.21. The van der Waals surface area contributed by atoms with Gasteiger partial charge in [0.15, 0.2) is 0 Å². The highest BCUT2D eigenvalue weighted by atomic mass is 32.2. The van der Waals surface area contributed by atoms with Gasteiger partial charge in [0.2, 0.25) is 41.4 Å². The van der Waals surface area contributed by atoms with Crippen LogP contribution in [0.2, 0.25) is 0 Å². The van der Waals surface area contributed by atoms with Gasteiger partial charge in [-0.05, 0) is 43.3 Å². The van der Waals surface area contributed by atoms with E-state index in [0.717, 1.165) is 6.92 Å². The van der Waals surface area contributed by atoms with Crippen LogP contribution in [-0.2, 0) is 64.0 Å². The summed E-state index contributed by atoms with van der Waals surface area (Å²) in [5.74, 6) is -15.0. The smallest absolute Gasteiger partial charge is 0.327 e. The SMILES string of the molecule is CSCC[C@H](NC(=O)[C@H](CCC(=O)O)NC(=O)[C@H](CC(=O)O)NC(=O)[C@H](Cc1ccccc1)NC(C)=O)C(=O)N[C@@H](CCC(=O)O)C(=O)N[C@@H](CCC(=O)O)C(=O)N[C@@H](CS)C(=O)O. The van der Waals surface area contributed by atoms with E-state index in [1.165, 1.54) is 11.8 Å². The highest BCUT2D eigenvalue weighted by molar-refractivity contribution is 7.98. The van der Waals surface area contributed by atoms with Crippen molar-refractivity contribution in [1.29, 1.82) is 0 Å². The molecule has 0 aliphatic heterocycles. The number of hydrogen-bond donors (Lipinski definition) is 13. The van der Waals surface area contributed by atoms with Crippen molar-refractivity contribution in [2.24, 2.45) is 0 Å². The second-order valence-corrected chi connectivity index (χ2v) is 15.4. The molecule has 354 valence electrons. The van der Waals surface area contributed by atoms with Crippen molar-refractivity contribution in [1.82, 2.24) is 37.2 Å². The number of thiol groups is 1. The Labute approximate surface area is 375 Å². The van der Waals surface area contributed by atoms with Crippen molar-refractivity contribution < 1.29 is 83.1 Å². The molecule has 0 aliphatic carbocycles. The molecule has 26 heteroatoms. The van der Waals surface area contributed by atoms with E-state index < -0.39 is 164 Å². The van der Waals surface area contributed by atoms with Crippen LogP contribution in [0.25, 0.3) is 0 Å². The minimum atomic E-state index is -1.88. The Hall–Kier alpha value is -6.44. The van der Waals surface area contributed by atoms with Gasteiger partial charge < -0.3 is 62.8 Å². The summed E-state index contributed by atoms with van der Waals surface area (Å²) in [5, 5.41) is 62.6. The lowest BCUT2D eigenvalue weighted by Crippen LogP contribution is -2.60. The second-order valence-electron chi connectivity index (χ2n) is 14.0. The molecule has 0 saturated heterocycles. The molecule has 0 radical (unpaired) electrons. The Kier molecular flexibility index (Phi) is 25.2. The number of benzene rings is 1. The minimum absolute atomic E-state index is 0.0696. The Morgan fingerprint density at radius 3 is 1.20 bits per heavy atom. The lowest BCUT2D eigenvalue weighted by molar-refractivity contribution is -0.142. The molecule has 24 nitrogen and oxygen atoms in total. The lowest BCUT2D eigenvalue weighted by atomic mass is 10.0. The molecule has 7 amide bonds. The molecule has 0 bridgehead atoms. The molecule has 64 heavy (non-hydrogen) atoms. The molecule has 0 spiro atoms. The van der Waals surface area contributed by atoms with E-state index >= 15 is 0 Å². The third-order valence-corrected chi connectivity index (χ3v) is 9.88. The molecule has 0 aliphatic rings. The summed E-state index contributed by atoms with van der Waals surface area (Å²) < 4.78 is 0. The maximum atomic E-state index is 13.8. The molecule has 12 N–H and O–H groups in total. The quantitative estimate of drug-likeness (QED) is 0.0342. The number of carbonyl (C=O) groups excluding carboxylic acids is 7. The van der Waals surface area contributed by atoms with Crippen LogP contribution in [0, 0.1) is 0 Å². The Morgan fingerprint density at radius 2 is 0.859 bits per heavy atom. The summed E-state index contributed by atoms with van der Waals surface area (Å²) >= 11 is 5.04. The van der Waals surface area contributed by atoms with E-state index in [0.29, 0.717) is 5.56 Å². The largest absolute Gasteiger partial charge is 0.481 e. The van der Waals surface area contributed by atoms with Gasteiger partial charge in [-0.3, -0.25) is 52.7 Å². The minimum Gasteiger partial charge on any atom is -0.481 e. The molecule has 0 unspecified atom stereocenters. The molecule has 0 aromatic heterocycles. The fourth-order valence-corrected chi connectivity index (χ4v) is 6.34. The van der Waals surface area contributed by atoms with Crippen LogP contribution < -0.4 is 37.2 Å². The molecule has 1 aromatic rings. The molecule has 7 atom stereocenters. The van der Waals surface area contributed by atoms with Crippen LogP contribution in [0.5, 0.6) is 0 Å². The number of rotatable bonds is 31. The fourth-order valence-electron chi connectivity index (χ4n) is 5.62. The van der Waals surface area contributed by atoms with Gasteiger partial charge >= 0.3 is 29.8 Å². The van der Waals surface area contributed by atoms with Gasteiger partial charge in [-0.2, -0.15) is 24.4 Å². The van der Waals surface area contributed by atoms with E-state index in [1.807, 2.05) is 0 Å². The summed E-state index contributed by atoms with van der Waals surface area (Å²) in [6, 6.07) is -3.20. The van der Waals surface area contributed by atoms with Gasteiger partial charge in [0.1, 0.15) is 42.3 Å². The average molecular weight is 944 g/mol. The van der Waals surface area contributed by atoms with Gasteiger partial charge in [0, 0.05) is 38.4 Å². The first kappa shape index (κ1) is 55.6. The van der Waals surface area contributed by atoms with Gasteiger partial charge in [-0.15, -0.1) is 0 Å². The number of amides is 7. The molecule has 0 heterocycles. The molecular weight excluding hydrogens is 891 g/mol. The number of carbonyl (C=O) groups is 12. The van der Waals surface area contributed by atoms with Crippen LogP contribution in [0.4, 0.5) is 0 Å². The normalized spacial score (nSPS) is 14.0. The number of carboxylic acids is 5. The predicted molar refractivity (Wildman–Crippen MR) is 227 cm³/mol. The summed E-state index contributed by atoms with van der Waals surface area (Å²) in [6.07, 6.45) is -3.63. The summed E-state index contributed by atoms with van der Waals surface area (Å²) in [4.78, 5) is 150. The van der Waals surface area contributed by atoms with E-state index in [2.05, 4.69) is 49.8 Å². The van der Waals surface area contributed by atoms with Crippen molar-refractivity contribution >= 4 is 95.6 Å². The zero-order chi connectivity index (χ0) is 48.5. The molecule has 0 saturated carbocycles. The van der Waals surface area contributed by atoms with Crippen molar-refractivity contribution in [3.05, 3.63) is 35.9 Å². The fraction of sp³-hybridized carbons (Fsp3) is 0.526. The third kappa shape index (κ3) is 22.1. The second kappa shape index (κ2) is 29.0. The number of nitrogens with one attached hydrogen (secondary N) is 7. The van der Waals surface area contributed by atoms with Crippen molar-refractivity contribution in [2.45, 2.75) is 107 Å². The zero-order valence-electron chi connectivity index (χ0n) is 34.7. The van der Waals surface area contributed by atoms with Gasteiger partial charge in [-0.1, -0.05) is 30.3 Å². The first-order valence-corrected chi connectivity index (χ1v) is 21.4. The first-order chi connectivity index (χ1) is 30.1. The van der Waals surface area contributed by atoms with Crippen LogP contribution in [0.1, 0.15) is 63.9 Å². The predicted octanol–water partition coefficient (Wildman–Crippen LogP) is -2.52. The highest BCUT2D eigenvalue weighted by Crippen LogP contribution is 2.10. The zero-order valence-corrected chi connectivity index (χ0v) is 36.4. The maximum absolute atomic E-state index is 13.8. The van der Waals surface area contributed by atoms with Crippen molar-refractivity contribution in [2.75, 3.05) is 17.8 Å². The number of hydrogen-bond acceptors (Lipinski definition) is 14. The highest BCUT2D eigenvalue weighted by Gasteiger charge is 2.35. The molecule has 0 fully saturated rings. The Morgan fingerprint density at radius 1 is 0.500 bits per heavy atom. The Balaban J connectivity index is 3.44. The van der Waals surface area contributed by atoms with Gasteiger partial charge in [-0.25, -0.2) is 4.79 Å². The van der Waals surface area contributed by atoms with E-state index in [-0.39, 0.29) is 18.6 Å². The standard InChI is InChI=1S/C38H53N7O17S2/c1-19(46)39-25(16-20-6-4-3-5-7-20)36(59)44-26(17-31(53)54)37(60)42-22(9-12-29(49)50)33(56)43-24(14-15-64-2)35(58)41-21(8-11-28(47)48)32(55)40-23(10-13-30(51)52)34(57)45-27(18-63)38(61)62/h3-7,21-27,63H,8-18H2,1-2H3,(H,39,46)(H,40,55)(H,41,58)(H,42,60)(H,43,56)(H,44,59)(H,45,57)(H,47,48)(H,49,50)(H,51,52)(H,53,54)(H,61,62)/t21-,22-,23-,24-,25-,26-,27-/m0/s1. The Bertz CT molecular complexity index is 1860. The third-order valence-electron chi connectivity index (χ3n) is 8.87. The number of thioether (sulfide) groups is 1. The van der Waals surface area contributed by atoms with Crippen LogP contribution >= 0.6 is 24.4 Å². The summed E-state index contributed by atoms with van der Waals surface area (Å²) in [5.41, 5.74) is 0.595. The number of carboxylic acid groups (broad SMARTS) is 5. The van der Waals surface area contributed by atoms with Crippen molar-refractivity contribution in [3.8, 4) is 0 Å². The summed E-state index contributed by atoms with van der Waals surface area (Å²) in [7, 11) is 0. The molecule has 1 rings (SSSR count). The van der Waals surface area contributed by atoms with Gasteiger partial charge in [0.25, 0.3) is 0 Å². The van der Waals surface area contributed by atoms with E-state index in [1.54, 1.807) is 36.6 Å². The molecular formula is C38H53N7O17S2. The van der Waals surface area contributed by atoms with Crippen molar-refractivity contribution in [3.63, 3.8) is 0 Å². The first-order valence-electron chi connectivity index (χ1n) is 19.4. The lowest BCUT2D eigenvalue weighted by Gasteiger charge is -2.27. The maximum Gasteiger partial charge on any atom is 0.327 e. The van der Waals surface area contributed by atoms with Gasteiger partial charge in [0.05, 0.1) is 6.42 Å². The van der Waals surface area contributed by atoms with Crippen LogP contribution in [0.3, 0.4) is 0 Å². The van der Waals surface area contributed by atoms with Crippen LogP contribution in [-0.4, -0.2) is 157 Å².